The molecule has 0 aliphatic heterocycles. The van der Waals surface area contributed by atoms with Crippen LogP contribution in [-0.4, -0.2) is 40.9 Å². The van der Waals surface area contributed by atoms with Gasteiger partial charge in [-0.1, -0.05) is 84.0 Å². The second-order valence-electron chi connectivity index (χ2n) is 8.75. The number of nitrogens with one attached hydrogen (secondary N) is 1. The van der Waals surface area contributed by atoms with Gasteiger partial charge < -0.3 is 20.3 Å². The van der Waals surface area contributed by atoms with Gasteiger partial charge in [0.15, 0.2) is 6.10 Å². The zero-order valence-corrected chi connectivity index (χ0v) is 20.0. The summed E-state index contributed by atoms with van der Waals surface area (Å²) in [6.07, 6.45) is 15.6. The number of benzene rings is 1. The molecular formula is C26H43NO5. The molecule has 1 rings (SSSR count). The van der Waals surface area contributed by atoms with Crippen LogP contribution in [0.25, 0.3) is 0 Å². The van der Waals surface area contributed by atoms with Crippen LogP contribution in [-0.2, 0) is 9.53 Å². The number of carboxylic acid groups (broad SMARTS) is 1. The molecule has 0 spiro atoms. The molecule has 0 heterocycles. The fourth-order valence-corrected chi connectivity index (χ4v) is 3.66. The summed E-state index contributed by atoms with van der Waals surface area (Å²) in [5.41, 5.74) is 1.25. The third-order valence-corrected chi connectivity index (χ3v) is 5.68. The minimum absolute atomic E-state index is 0.321. The third-order valence-electron chi connectivity index (χ3n) is 5.68. The summed E-state index contributed by atoms with van der Waals surface area (Å²) < 4.78 is 4.81. The van der Waals surface area contributed by atoms with Crippen LogP contribution in [0.3, 0.4) is 0 Å². The van der Waals surface area contributed by atoms with Crippen molar-refractivity contribution in [2.24, 2.45) is 0 Å². The van der Waals surface area contributed by atoms with E-state index in [9.17, 15) is 9.59 Å². The highest BCUT2D eigenvalue weighted by atomic mass is 16.5. The first kappa shape index (κ1) is 28.0. The van der Waals surface area contributed by atoms with Gasteiger partial charge in [0.25, 0.3) is 0 Å². The lowest BCUT2D eigenvalue weighted by Crippen LogP contribution is -2.26. The lowest BCUT2D eigenvalue weighted by atomic mass is 10.0. The SMILES string of the molecule is CCCCCCCCCCCCCCC(C)Nc1ccc(C(=O)OCC(O)C(=O)O)cc1. The number of aliphatic hydroxyl groups excluding tert-OH is 1. The Morgan fingerprint density at radius 1 is 0.875 bits per heavy atom. The van der Waals surface area contributed by atoms with E-state index in [0.717, 1.165) is 12.1 Å². The number of hydrogen-bond acceptors (Lipinski definition) is 5. The highest BCUT2D eigenvalue weighted by molar-refractivity contribution is 5.90. The second-order valence-corrected chi connectivity index (χ2v) is 8.75. The molecule has 2 atom stereocenters. The Morgan fingerprint density at radius 3 is 1.88 bits per heavy atom. The summed E-state index contributed by atoms with van der Waals surface area (Å²) in [7, 11) is 0. The van der Waals surface area contributed by atoms with E-state index in [1.165, 1.54) is 77.0 Å². The molecule has 6 heteroatoms. The minimum atomic E-state index is -1.71. The Labute approximate surface area is 193 Å². The van der Waals surface area contributed by atoms with Crippen molar-refractivity contribution in [2.75, 3.05) is 11.9 Å². The smallest absolute Gasteiger partial charge is 0.338 e. The predicted molar refractivity (Wildman–Crippen MR) is 129 cm³/mol. The highest BCUT2D eigenvalue weighted by Crippen LogP contribution is 2.16. The minimum Gasteiger partial charge on any atom is -0.479 e. The maximum atomic E-state index is 11.9. The van der Waals surface area contributed by atoms with Gasteiger partial charge in [-0.25, -0.2) is 9.59 Å². The van der Waals surface area contributed by atoms with Gasteiger partial charge in [-0.05, 0) is 37.6 Å². The average Bonchev–Trinajstić information content (AvgIpc) is 2.78. The van der Waals surface area contributed by atoms with Crippen LogP contribution >= 0.6 is 0 Å². The number of ether oxygens (including phenoxy) is 1. The molecule has 182 valence electrons. The van der Waals surface area contributed by atoms with E-state index in [1.807, 2.05) is 12.1 Å². The number of anilines is 1. The number of aliphatic hydroxyl groups is 1. The van der Waals surface area contributed by atoms with E-state index in [4.69, 9.17) is 14.9 Å². The number of esters is 1. The molecule has 0 bridgehead atoms. The van der Waals surface area contributed by atoms with Crippen molar-refractivity contribution in [3.05, 3.63) is 29.8 Å². The lowest BCUT2D eigenvalue weighted by molar-refractivity contribution is -0.148. The second kappa shape index (κ2) is 17.5. The number of rotatable bonds is 19. The molecule has 0 saturated carbocycles. The Kier molecular flexibility index (Phi) is 15.3. The molecule has 6 nitrogen and oxygen atoms in total. The van der Waals surface area contributed by atoms with Crippen molar-refractivity contribution in [2.45, 2.75) is 109 Å². The quantitative estimate of drug-likeness (QED) is 0.172. The lowest BCUT2D eigenvalue weighted by Gasteiger charge is -2.15. The van der Waals surface area contributed by atoms with Crippen LogP contribution < -0.4 is 5.32 Å². The van der Waals surface area contributed by atoms with Crippen LogP contribution in [0.1, 0.15) is 108 Å². The van der Waals surface area contributed by atoms with E-state index in [0.29, 0.717) is 11.6 Å². The Bertz CT molecular complexity index is 632. The van der Waals surface area contributed by atoms with Crippen molar-refractivity contribution < 1.29 is 24.5 Å². The summed E-state index contributed by atoms with van der Waals surface area (Å²) >= 11 is 0. The molecular weight excluding hydrogens is 406 g/mol. The summed E-state index contributed by atoms with van der Waals surface area (Å²) in [4.78, 5) is 22.4. The van der Waals surface area contributed by atoms with Gasteiger partial charge in [0.2, 0.25) is 0 Å². The molecule has 2 unspecified atom stereocenters. The van der Waals surface area contributed by atoms with E-state index >= 15 is 0 Å². The third kappa shape index (κ3) is 13.4. The van der Waals surface area contributed by atoms with E-state index in [2.05, 4.69) is 19.2 Å². The normalized spacial score (nSPS) is 12.8. The zero-order chi connectivity index (χ0) is 23.6. The number of carboxylic acids is 1. The first-order valence-electron chi connectivity index (χ1n) is 12.4. The maximum Gasteiger partial charge on any atom is 0.338 e. The van der Waals surface area contributed by atoms with Gasteiger partial charge in [-0.2, -0.15) is 0 Å². The van der Waals surface area contributed by atoms with Crippen molar-refractivity contribution in [3.63, 3.8) is 0 Å². The van der Waals surface area contributed by atoms with Crippen molar-refractivity contribution in [3.8, 4) is 0 Å². The molecule has 0 aliphatic rings. The van der Waals surface area contributed by atoms with Gasteiger partial charge in [-0.15, -0.1) is 0 Å². The maximum absolute atomic E-state index is 11.9. The zero-order valence-electron chi connectivity index (χ0n) is 20.0. The van der Waals surface area contributed by atoms with Gasteiger partial charge >= 0.3 is 11.9 Å². The van der Waals surface area contributed by atoms with Crippen molar-refractivity contribution >= 4 is 17.6 Å². The van der Waals surface area contributed by atoms with Crippen LogP contribution in [0, 0.1) is 0 Å². The van der Waals surface area contributed by atoms with Crippen LogP contribution in [0.4, 0.5) is 5.69 Å². The monoisotopic (exact) mass is 449 g/mol. The van der Waals surface area contributed by atoms with E-state index < -0.39 is 24.6 Å². The van der Waals surface area contributed by atoms with E-state index in [-0.39, 0.29) is 0 Å². The first-order chi connectivity index (χ1) is 15.4. The fraction of sp³-hybridized carbons (Fsp3) is 0.692. The standard InChI is InChI=1S/C26H43NO5/c1-3-4-5-6-7-8-9-10-11-12-13-14-15-21(2)27-23-18-16-22(17-19-23)26(31)32-20-24(28)25(29)30/h16-19,21,24,27-28H,3-15,20H2,1-2H3,(H,29,30). The summed E-state index contributed by atoms with van der Waals surface area (Å²) in [5, 5.41) is 21.2. The van der Waals surface area contributed by atoms with Gasteiger partial charge in [-0.3, -0.25) is 0 Å². The Hall–Kier alpha value is -2.08. The first-order valence-corrected chi connectivity index (χ1v) is 12.4. The topological polar surface area (TPSA) is 95.9 Å². The molecule has 0 aliphatic carbocycles. The Balaban J connectivity index is 2.10. The van der Waals surface area contributed by atoms with Gasteiger partial charge in [0.05, 0.1) is 5.56 Å². The summed E-state index contributed by atoms with van der Waals surface area (Å²) in [5.74, 6) is -2.07. The fourth-order valence-electron chi connectivity index (χ4n) is 3.66. The van der Waals surface area contributed by atoms with Crippen molar-refractivity contribution in [1.82, 2.24) is 0 Å². The largest absolute Gasteiger partial charge is 0.479 e. The number of carbonyl (C=O) groups excluding carboxylic acids is 1. The van der Waals surface area contributed by atoms with Gasteiger partial charge in [0.1, 0.15) is 6.61 Å². The number of hydrogen-bond donors (Lipinski definition) is 3. The molecule has 0 fully saturated rings. The van der Waals surface area contributed by atoms with Crippen LogP contribution in [0.15, 0.2) is 24.3 Å². The molecule has 32 heavy (non-hydrogen) atoms. The molecule has 1 aromatic carbocycles. The number of unbranched alkanes of at least 4 members (excludes halogenated alkanes) is 11. The Morgan fingerprint density at radius 2 is 1.38 bits per heavy atom. The van der Waals surface area contributed by atoms with Crippen molar-refractivity contribution in [1.29, 1.82) is 0 Å². The number of carbonyl (C=O) groups is 2. The molecule has 0 saturated heterocycles. The molecule has 0 radical (unpaired) electrons. The number of aliphatic carboxylic acids is 1. The van der Waals surface area contributed by atoms with Gasteiger partial charge in [0, 0.05) is 11.7 Å². The molecule has 3 N–H and O–H groups in total. The molecule has 0 aromatic heterocycles. The summed E-state index contributed by atoms with van der Waals surface area (Å²) in [6, 6.07) is 7.23. The van der Waals surface area contributed by atoms with Crippen LogP contribution in [0.5, 0.6) is 0 Å². The average molecular weight is 450 g/mol. The molecule has 0 amide bonds. The molecule has 1 aromatic rings. The summed E-state index contributed by atoms with van der Waals surface area (Å²) in [6.45, 7) is 3.86. The van der Waals surface area contributed by atoms with Crippen LogP contribution in [0.2, 0.25) is 0 Å². The van der Waals surface area contributed by atoms with E-state index in [1.54, 1.807) is 12.1 Å². The predicted octanol–water partition coefficient (Wildman–Crippen LogP) is 6.18. The highest BCUT2D eigenvalue weighted by Gasteiger charge is 2.16.